The molecule has 8 rings (SSSR count). The molecular formula is C42H22F6N4. The van der Waals surface area contributed by atoms with E-state index < -0.39 is 23.5 Å². The van der Waals surface area contributed by atoms with Gasteiger partial charge in [0.15, 0.2) is 0 Å². The number of alkyl halides is 6. The Kier molecular flexibility index (Phi) is 7.91. The third-order valence-corrected chi connectivity index (χ3v) is 8.54. The Bertz CT molecular complexity index is 2600. The zero-order valence-corrected chi connectivity index (χ0v) is 26.8. The Labute approximate surface area is 293 Å². The monoisotopic (exact) mass is 696 g/mol. The first-order valence-electron chi connectivity index (χ1n) is 15.9. The van der Waals surface area contributed by atoms with Gasteiger partial charge in [0.25, 0.3) is 0 Å². The molecule has 0 saturated carbocycles. The summed E-state index contributed by atoms with van der Waals surface area (Å²) in [5.41, 5.74) is 4.91. The topological polar surface area (TPSA) is 51.6 Å². The minimum atomic E-state index is -4.55. The molecule has 0 bridgehead atoms. The maximum absolute atomic E-state index is 13.7. The predicted octanol–water partition coefficient (Wildman–Crippen LogP) is 11.5. The second-order valence-corrected chi connectivity index (χ2v) is 12.0. The molecule has 0 spiro atoms. The number of aromatic nitrogens is 4. The molecule has 0 atom stereocenters. The Morgan fingerprint density at radius 1 is 0.385 bits per heavy atom. The van der Waals surface area contributed by atoms with Crippen molar-refractivity contribution < 1.29 is 26.3 Å². The fourth-order valence-electron chi connectivity index (χ4n) is 6.03. The van der Waals surface area contributed by atoms with Crippen LogP contribution in [0.25, 0.3) is 78.2 Å². The largest absolute Gasteiger partial charge is 0.416 e. The van der Waals surface area contributed by atoms with Crippen molar-refractivity contribution in [1.29, 1.82) is 0 Å². The lowest BCUT2D eigenvalue weighted by atomic mass is 10.00. The molecule has 0 fully saturated rings. The zero-order valence-electron chi connectivity index (χ0n) is 26.8. The van der Waals surface area contributed by atoms with Crippen molar-refractivity contribution in [2.75, 3.05) is 0 Å². The van der Waals surface area contributed by atoms with E-state index in [1.54, 1.807) is 48.5 Å². The maximum Gasteiger partial charge on any atom is 0.416 e. The van der Waals surface area contributed by atoms with E-state index in [0.29, 0.717) is 50.3 Å². The van der Waals surface area contributed by atoms with Gasteiger partial charge in [-0.05, 0) is 71.8 Å². The second kappa shape index (κ2) is 12.6. The van der Waals surface area contributed by atoms with E-state index in [-0.39, 0.29) is 16.8 Å². The molecule has 2 aromatic heterocycles. The summed E-state index contributed by atoms with van der Waals surface area (Å²) in [7, 11) is 0. The van der Waals surface area contributed by atoms with Crippen LogP contribution in [0.2, 0.25) is 0 Å². The first kappa shape index (κ1) is 32.6. The average molecular weight is 697 g/mol. The number of hydrogen-bond donors (Lipinski definition) is 0. The molecule has 0 aliphatic carbocycles. The molecule has 0 unspecified atom stereocenters. The Morgan fingerprint density at radius 3 is 1.38 bits per heavy atom. The summed E-state index contributed by atoms with van der Waals surface area (Å²) in [5, 5.41) is 0. The number of nitrogens with zero attached hydrogens (tertiary/aromatic N) is 4. The van der Waals surface area contributed by atoms with Crippen LogP contribution in [0.15, 0.2) is 133 Å². The van der Waals surface area contributed by atoms with E-state index in [9.17, 15) is 26.3 Å². The van der Waals surface area contributed by atoms with Crippen LogP contribution in [0, 0.1) is 12.1 Å². The highest BCUT2D eigenvalue weighted by atomic mass is 19.4. The smallest absolute Gasteiger partial charge is 0.244 e. The molecule has 52 heavy (non-hydrogen) atoms. The molecule has 0 radical (unpaired) electrons. The van der Waals surface area contributed by atoms with Crippen LogP contribution in [-0.2, 0) is 12.4 Å². The fraction of sp³-hybridized carbons (Fsp3) is 0.0476. The average Bonchev–Trinajstić information content (AvgIpc) is 3.16. The van der Waals surface area contributed by atoms with Crippen LogP contribution in [0.1, 0.15) is 11.1 Å². The molecule has 0 saturated heterocycles. The highest BCUT2D eigenvalue weighted by Crippen LogP contribution is 2.38. The molecule has 0 aliphatic heterocycles. The van der Waals surface area contributed by atoms with Crippen LogP contribution in [0.3, 0.4) is 0 Å². The van der Waals surface area contributed by atoms with Gasteiger partial charge in [-0.1, -0.05) is 84.9 Å². The Balaban J connectivity index is 1.26. The number of rotatable bonds is 5. The van der Waals surface area contributed by atoms with E-state index in [1.165, 1.54) is 12.1 Å². The van der Waals surface area contributed by atoms with Crippen molar-refractivity contribution in [1.82, 2.24) is 19.9 Å². The van der Waals surface area contributed by atoms with Gasteiger partial charge in [-0.2, -0.15) is 26.3 Å². The number of benzene rings is 5. The molecule has 2 heterocycles. The molecule has 252 valence electrons. The molecule has 0 amide bonds. The standard InChI is InChI=1S/C42H22F6N4/c43-41(44,45)31-15-7-13-29(21-31)39-38(26-11-5-2-6-12-26)51-35-23-27(18-20-34(35)50-39)28-17-19-33-36(24-28)52-40(37(49-33)25-9-3-1-4-10-25)30-14-8-16-32(22-30)42(46,47)48/h1-3,5-9,11-24H. The van der Waals surface area contributed by atoms with Crippen molar-refractivity contribution in [2.45, 2.75) is 12.4 Å². The molecule has 0 N–H and O–H groups in total. The highest BCUT2D eigenvalue weighted by molar-refractivity contribution is 5.92. The molecule has 8 aromatic rings. The summed E-state index contributed by atoms with van der Waals surface area (Å²) in [6, 6.07) is 40.9. The third kappa shape index (κ3) is 6.29. The summed E-state index contributed by atoms with van der Waals surface area (Å²) < 4.78 is 82.0. The van der Waals surface area contributed by atoms with Crippen molar-refractivity contribution in [3.05, 3.63) is 157 Å². The number of hydrogen-bond acceptors (Lipinski definition) is 4. The lowest BCUT2D eigenvalue weighted by Gasteiger charge is -2.14. The predicted molar refractivity (Wildman–Crippen MR) is 187 cm³/mol. The minimum absolute atomic E-state index is 0.243. The van der Waals surface area contributed by atoms with Crippen LogP contribution < -0.4 is 0 Å². The molecule has 10 heteroatoms. The van der Waals surface area contributed by atoms with Crippen molar-refractivity contribution in [2.24, 2.45) is 0 Å². The van der Waals surface area contributed by atoms with Gasteiger partial charge in [-0.3, -0.25) is 0 Å². The summed E-state index contributed by atoms with van der Waals surface area (Å²) in [5.74, 6) is 0. The maximum atomic E-state index is 13.7. The first-order chi connectivity index (χ1) is 25.0. The van der Waals surface area contributed by atoms with E-state index in [0.717, 1.165) is 35.4 Å². The molecule has 0 aliphatic rings. The first-order valence-corrected chi connectivity index (χ1v) is 15.9. The normalized spacial score (nSPS) is 11.9. The van der Waals surface area contributed by atoms with Gasteiger partial charge in [0.05, 0.1) is 55.8 Å². The van der Waals surface area contributed by atoms with Crippen LogP contribution >= 0.6 is 0 Å². The number of fused-ring (bicyclic) bond motifs is 2. The third-order valence-electron chi connectivity index (χ3n) is 8.54. The van der Waals surface area contributed by atoms with E-state index in [2.05, 4.69) is 12.1 Å². The van der Waals surface area contributed by atoms with Crippen molar-refractivity contribution >= 4 is 22.1 Å². The van der Waals surface area contributed by atoms with Crippen LogP contribution in [0.4, 0.5) is 26.3 Å². The van der Waals surface area contributed by atoms with Gasteiger partial charge >= 0.3 is 12.4 Å². The minimum Gasteiger partial charge on any atom is -0.244 e. The molecular weight excluding hydrogens is 674 g/mol. The Hall–Kier alpha value is -6.60. The van der Waals surface area contributed by atoms with Gasteiger partial charge < -0.3 is 0 Å². The summed E-state index contributed by atoms with van der Waals surface area (Å²) in [6.45, 7) is 0. The Morgan fingerprint density at radius 2 is 0.865 bits per heavy atom. The number of halogens is 6. The van der Waals surface area contributed by atoms with Crippen LogP contribution in [-0.4, -0.2) is 19.9 Å². The summed E-state index contributed by atoms with van der Waals surface area (Å²) in [4.78, 5) is 19.4. The quantitative estimate of drug-likeness (QED) is 0.168. The van der Waals surface area contributed by atoms with Gasteiger partial charge in [0, 0.05) is 16.7 Å². The summed E-state index contributed by atoms with van der Waals surface area (Å²) >= 11 is 0. The van der Waals surface area contributed by atoms with E-state index >= 15 is 0 Å². The van der Waals surface area contributed by atoms with E-state index in [4.69, 9.17) is 19.9 Å². The lowest BCUT2D eigenvalue weighted by Crippen LogP contribution is -2.05. The molecule has 6 aromatic carbocycles. The fourth-order valence-corrected chi connectivity index (χ4v) is 6.03. The SMILES string of the molecule is FC(F)(F)c1cccc(-c2nc3cc(-c4ccc5nc(-c6cccc(C(F)(F)F)c6)c(-c6ccccc6)nc5c4)ccc3nc2-c2c#cccc2)c1. The van der Waals surface area contributed by atoms with Crippen LogP contribution in [0.5, 0.6) is 0 Å². The lowest BCUT2D eigenvalue weighted by molar-refractivity contribution is -0.138. The van der Waals surface area contributed by atoms with Gasteiger partial charge in [-0.15, -0.1) is 0 Å². The van der Waals surface area contributed by atoms with E-state index in [1.807, 2.05) is 48.5 Å². The summed E-state index contributed by atoms with van der Waals surface area (Å²) in [6.07, 6.45) is -9.08. The molecule has 4 nitrogen and oxygen atoms in total. The zero-order chi connectivity index (χ0) is 36.0. The van der Waals surface area contributed by atoms with Gasteiger partial charge in [-0.25, -0.2) is 19.9 Å². The van der Waals surface area contributed by atoms with Gasteiger partial charge in [0.1, 0.15) is 5.69 Å². The highest BCUT2D eigenvalue weighted by Gasteiger charge is 2.32. The van der Waals surface area contributed by atoms with Crippen molar-refractivity contribution in [3.63, 3.8) is 0 Å². The van der Waals surface area contributed by atoms with Gasteiger partial charge in [0.2, 0.25) is 0 Å². The second-order valence-electron chi connectivity index (χ2n) is 12.0. The van der Waals surface area contributed by atoms with Crippen molar-refractivity contribution in [3.8, 4) is 56.2 Å².